The first-order valence-electron chi connectivity index (χ1n) is 7.45. The minimum Gasteiger partial charge on any atom is -0.298 e. The Morgan fingerprint density at radius 1 is 1.29 bits per heavy atom. The Hall–Kier alpha value is -1.04. The number of nitrogens with zero attached hydrogens (tertiary/aromatic N) is 1. The summed E-state index contributed by atoms with van der Waals surface area (Å²) in [6.45, 7) is 0. The van der Waals surface area contributed by atoms with Gasteiger partial charge in [-0.3, -0.25) is 4.79 Å². The van der Waals surface area contributed by atoms with E-state index in [-0.39, 0.29) is 5.78 Å². The molecule has 4 atom stereocenters. The normalized spacial score (nSPS) is 28.3. The van der Waals surface area contributed by atoms with E-state index in [1.807, 2.05) is 0 Å². The number of rotatable bonds is 4. The molecule has 110 valence electrons. The van der Waals surface area contributed by atoms with E-state index in [9.17, 15) is 10.1 Å². The number of benzene rings is 1. The minimum atomic E-state index is -0.723. The van der Waals surface area contributed by atoms with Crippen LogP contribution in [0, 0.1) is 29.1 Å². The molecule has 0 aliphatic heterocycles. The van der Waals surface area contributed by atoms with Crippen molar-refractivity contribution in [2.45, 2.75) is 38.0 Å². The van der Waals surface area contributed by atoms with Gasteiger partial charge in [-0.1, -0.05) is 35.7 Å². The van der Waals surface area contributed by atoms with Crippen LogP contribution in [0.25, 0.3) is 0 Å². The predicted octanol–water partition coefficient (Wildman–Crippen LogP) is 5.00. The van der Waals surface area contributed by atoms with Crippen molar-refractivity contribution in [3.8, 4) is 6.07 Å². The van der Waals surface area contributed by atoms with E-state index in [0.29, 0.717) is 33.9 Å². The molecule has 0 amide bonds. The van der Waals surface area contributed by atoms with Gasteiger partial charge in [-0.2, -0.15) is 5.26 Å². The monoisotopic (exact) mass is 321 g/mol. The topological polar surface area (TPSA) is 40.9 Å². The van der Waals surface area contributed by atoms with Crippen LogP contribution in [0.1, 0.15) is 43.6 Å². The van der Waals surface area contributed by atoms with Gasteiger partial charge in [0.15, 0.2) is 5.78 Å². The lowest BCUT2D eigenvalue weighted by Gasteiger charge is -2.21. The van der Waals surface area contributed by atoms with Crippen molar-refractivity contribution >= 4 is 29.0 Å². The van der Waals surface area contributed by atoms with Crippen LogP contribution in [0.15, 0.2) is 18.2 Å². The van der Waals surface area contributed by atoms with E-state index >= 15 is 0 Å². The molecule has 2 fully saturated rings. The Bertz CT molecular complexity index is 607. The van der Waals surface area contributed by atoms with E-state index in [2.05, 4.69) is 6.07 Å². The first-order valence-corrected chi connectivity index (χ1v) is 8.21. The Morgan fingerprint density at radius 3 is 2.67 bits per heavy atom. The number of fused-ring (bicyclic) bond motifs is 2. The molecule has 2 aliphatic rings. The van der Waals surface area contributed by atoms with Crippen LogP contribution in [0.3, 0.4) is 0 Å². The molecule has 2 nitrogen and oxygen atoms in total. The smallest absolute Gasteiger partial charge is 0.154 e. The van der Waals surface area contributed by atoms with Crippen molar-refractivity contribution in [2.75, 3.05) is 0 Å². The quantitative estimate of drug-likeness (QED) is 0.783. The van der Waals surface area contributed by atoms with Crippen LogP contribution in [0.5, 0.6) is 0 Å². The Balaban J connectivity index is 1.72. The molecule has 21 heavy (non-hydrogen) atoms. The number of nitriles is 1. The van der Waals surface area contributed by atoms with Crippen LogP contribution < -0.4 is 0 Å². The molecule has 3 rings (SSSR count). The SMILES string of the molecule is N#CC(C(=O)CC1CC2CCC1C2)c1ccc(Cl)c(Cl)c1. The van der Waals surface area contributed by atoms with Crippen molar-refractivity contribution in [3.05, 3.63) is 33.8 Å². The molecule has 4 heteroatoms. The van der Waals surface area contributed by atoms with E-state index in [4.69, 9.17) is 23.2 Å². The maximum Gasteiger partial charge on any atom is 0.154 e. The van der Waals surface area contributed by atoms with Gasteiger partial charge in [0.05, 0.1) is 16.1 Å². The molecule has 0 N–H and O–H groups in total. The van der Waals surface area contributed by atoms with E-state index in [0.717, 1.165) is 12.3 Å². The standard InChI is InChI=1S/C17H17Cl2NO/c18-15-4-3-12(7-16(15)19)14(9-20)17(21)8-13-6-10-1-2-11(13)5-10/h3-4,7,10-11,13-14H,1-2,5-6,8H2. The van der Waals surface area contributed by atoms with Gasteiger partial charge in [0.2, 0.25) is 0 Å². The lowest BCUT2D eigenvalue weighted by Crippen LogP contribution is -2.19. The second-order valence-electron chi connectivity index (χ2n) is 6.34. The fraction of sp³-hybridized carbons (Fsp3) is 0.529. The van der Waals surface area contributed by atoms with Gasteiger partial charge in [0, 0.05) is 6.42 Å². The highest BCUT2D eigenvalue weighted by Gasteiger charge is 2.40. The lowest BCUT2D eigenvalue weighted by atomic mass is 9.82. The fourth-order valence-corrected chi connectivity index (χ4v) is 4.33. The average Bonchev–Trinajstić information content (AvgIpc) is 3.06. The molecule has 0 heterocycles. The second-order valence-corrected chi connectivity index (χ2v) is 7.16. The number of halogens is 2. The molecule has 1 aromatic carbocycles. The third kappa shape index (κ3) is 2.96. The van der Waals surface area contributed by atoms with Crippen LogP contribution in [-0.2, 0) is 4.79 Å². The predicted molar refractivity (Wildman–Crippen MR) is 83.4 cm³/mol. The van der Waals surface area contributed by atoms with Crippen molar-refractivity contribution < 1.29 is 4.79 Å². The summed E-state index contributed by atoms with van der Waals surface area (Å²) in [6.07, 6.45) is 5.55. The van der Waals surface area contributed by atoms with E-state index in [1.54, 1.807) is 18.2 Å². The molecule has 4 unspecified atom stereocenters. The van der Waals surface area contributed by atoms with Crippen molar-refractivity contribution in [1.29, 1.82) is 5.26 Å². The average molecular weight is 322 g/mol. The minimum absolute atomic E-state index is 0.0217. The Kier molecular flexibility index (Phi) is 4.24. The van der Waals surface area contributed by atoms with Crippen LogP contribution in [0.4, 0.5) is 0 Å². The van der Waals surface area contributed by atoms with Gasteiger partial charge in [0.25, 0.3) is 0 Å². The summed E-state index contributed by atoms with van der Waals surface area (Å²) in [6, 6.07) is 7.14. The number of carbonyl (C=O) groups is 1. The van der Waals surface area contributed by atoms with Gasteiger partial charge in [0.1, 0.15) is 5.92 Å². The summed E-state index contributed by atoms with van der Waals surface area (Å²) in [5, 5.41) is 10.2. The molecule has 0 spiro atoms. The first-order chi connectivity index (χ1) is 10.1. The zero-order valence-corrected chi connectivity index (χ0v) is 13.2. The third-order valence-corrected chi connectivity index (χ3v) is 5.82. The molecular weight excluding hydrogens is 305 g/mol. The Labute approximate surface area is 135 Å². The van der Waals surface area contributed by atoms with Gasteiger partial charge in [-0.25, -0.2) is 0 Å². The summed E-state index contributed by atoms with van der Waals surface area (Å²) in [4.78, 5) is 12.5. The number of hydrogen-bond donors (Lipinski definition) is 0. The molecule has 2 bridgehead atoms. The Morgan fingerprint density at radius 2 is 2.10 bits per heavy atom. The third-order valence-electron chi connectivity index (χ3n) is 5.08. The highest BCUT2D eigenvalue weighted by atomic mass is 35.5. The summed E-state index contributed by atoms with van der Waals surface area (Å²) >= 11 is 11.9. The number of ketones is 1. The summed E-state index contributed by atoms with van der Waals surface area (Å²) in [7, 11) is 0. The van der Waals surface area contributed by atoms with Gasteiger partial charge in [-0.05, 0) is 54.7 Å². The molecule has 0 radical (unpaired) electrons. The maximum absolute atomic E-state index is 12.5. The van der Waals surface area contributed by atoms with E-state index < -0.39 is 5.92 Å². The molecule has 0 aromatic heterocycles. The summed E-state index contributed by atoms with van der Waals surface area (Å²) in [5.41, 5.74) is 0.653. The number of carbonyl (C=O) groups excluding carboxylic acids is 1. The maximum atomic E-state index is 12.5. The summed E-state index contributed by atoms with van der Waals surface area (Å²) < 4.78 is 0. The highest BCUT2D eigenvalue weighted by molar-refractivity contribution is 6.42. The van der Waals surface area contributed by atoms with E-state index in [1.165, 1.54) is 19.3 Å². The molecular formula is C17H17Cl2NO. The van der Waals surface area contributed by atoms with Crippen LogP contribution >= 0.6 is 23.2 Å². The molecule has 0 saturated heterocycles. The van der Waals surface area contributed by atoms with Gasteiger partial charge in [-0.15, -0.1) is 0 Å². The number of hydrogen-bond acceptors (Lipinski definition) is 2. The molecule has 2 aliphatic carbocycles. The zero-order valence-electron chi connectivity index (χ0n) is 11.7. The van der Waals surface area contributed by atoms with Gasteiger partial charge >= 0.3 is 0 Å². The second kappa shape index (κ2) is 5.99. The van der Waals surface area contributed by atoms with Crippen molar-refractivity contribution in [2.24, 2.45) is 17.8 Å². The molecule has 2 saturated carbocycles. The lowest BCUT2D eigenvalue weighted by molar-refractivity contribution is -0.120. The fourth-order valence-electron chi connectivity index (χ4n) is 4.03. The molecule has 1 aromatic rings. The van der Waals surface area contributed by atoms with Crippen LogP contribution in [0.2, 0.25) is 10.0 Å². The van der Waals surface area contributed by atoms with Crippen molar-refractivity contribution in [3.63, 3.8) is 0 Å². The first kappa shape index (κ1) is 14.9. The largest absolute Gasteiger partial charge is 0.298 e. The summed E-state index contributed by atoms with van der Waals surface area (Å²) in [5.74, 6) is 1.30. The highest BCUT2D eigenvalue weighted by Crippen LogP contribution is 2.50. The van der Waals surface area contributed by atoms with Gasteiger partial charge < -0.3 is 0 Å². The van der Waals surface area contributed by atoms with Crippen molar-refractivity contribution in [1.82, 2.24) is 0 Å². The number of Topliss-reactive ketones (excluding diaryl/α,β-unsaturated/α-hetero) is 1. The zero-order chi connectivity index (χ0) is 15.0. The van der Waals surface area contributed by atoms with Crippen LogP contribution in [-0.4, -0.2) is 5.78 Å².